The van der Waals surface area contributed by atoms with Crippen molar-refractivity contribution < 1.29 is 0 Å². The number of hydrogen-bond donors (Lipinski definition) is 0. The maximum atomic E-state index is 13.6. The highest BCUT2D eigenvalue weighted by atomic mass is 16.2. The highest BCUT2D eigenvalue weighted by molar-refractivity contribution is 5.73. The fourth-order valence-corrected chi connectivity index (χ4v) is 4.16. The molecule has 2 aromatic heterocycles. The molecule has 0 N–H and O–H groups in total. The fraction of sp³-hybridized carbons (Fsp3) is 0.370. The standard InChI is InChI=1S/C27H32N4O2/c1-18(2)15-16-29-26(32)24-25(28-17-30(24)20(5)22-9-7-6-8-10-22)31(27(29)33)23-13-11-21(12-14-23)19(3)4/h6-14,17-20H,15-16H2,1-5H3. The van der Waals surface area contributed by atoms with E-state index >= 15 is 0 Å². The van der Waals surface area contributed by atoms with Crippen molar-refractivity contribution in [1.29, 1.82) is 0 Å². The molecule has 2 aromatic carbocycles. The second-order valence-electron chi connectivity index (χ2n) is 9.41. The van der Waals surface area contributed by atoms with Crippen LogP contribution >= 0.6 is 0 Å². The minimum absolute atomic E-state index is 0.100. The summed E-state index contributed by atoms with van der Waals surface area (Å²) in [6.07, 6.45) is 2.42. The molecule has 0 aliphatic heterocycles. The molecule has 33 heavy (non-hydrogen) atoms. The van der Waals surface area contributed by atoms with Gasteiger partial charge >= 0.3 is 5.69 Å². The summed E-state index contributed by atoms with van der Waals surface area (Å²) in [5, 5.41) is 0. The van der Waals surface area contributed by atoms with Crippen LogP contribution in [0, 0.1) is 5.92 Å². The highest BCUT2D eigenvalue weighted by Crippen LogP contribution is 2.23. The zero-order chi connectivity index (χ0) is 23.7. The molecule has 0 saturated carbocycles. The Kier molecular flexibility index (Phi) is 6.36. The van der Waals surface area contributed by atoms with Crippen molar-refractivity contribution in [3.63, 3.8) is 0 Å². The average molecular weight is 445 g/mol. The highest BCUT2D eigenvalue weighted by Gasteiger charge is 2.22. The predicted molar refractivity (Wildman–Crippen MR) is 133 cm³/mol. The topological polar surface area (TPSA) is 61.8 Å². The van der Waals surface area contributed by atoms with Crippen LogP contribution in [0.15, 0.2) is 70.5 Å². The lowest BCUT2D eigenvalue weighted by Crippen LogP contribution is -2.40. The van der Waals surface area contributed by atoms with E-state index in [4.69, 9.17) is 0 Å². The van der Waals surface area contributed by atoms with E-state index in [1.165, 1.54) is 10.1 Å². The summed E-state index contributed by atoms with van der Waals surface area (Å²) in [5.74, 6) is 0.764. The smallest absolute Gasteiger partial charge is 0.317 e. The molecule has 4 rings (SSSR count). The van der Waals surface area contributed by atoms with Gasteiger partial charge in [-0.25, -0.2) is 14.3 Å². The Balaban J connectivity index is 1.97. The van der Waals surface area contributed by atoms with E-state index in [1.807, 2.05) is 66.1 Å². The molecule has 0 fully saturated rings. The van der Waals surface area contributed by atoms with Gasteiger partial charge in [0, 0.05) is 6.54 Å². The Labute approximate surface area is 194 Å². The van der Waals surface area contributed by atoms with Crippen LogP contribution in [0.25, 0.3) is 16.9 Å². The van der Waals surface area contributed by atoms with Crippen molar-refractivity contribution in [2.75, 3.05) is 0 Å². The minimum atomic E-state index is -0.344. The number of imidazole rings is 1. The van der Waals surface area contributed by atoms with Gasteiger partial charge in [-0.15, -0.1) is 0 Å². The third kappa shape index (κ3) is 4.30. The first-order chi connectivity index (χ1) is 15.8. The molecule has 6 nitrogen and oxygen atoms in total. The molecule has 0 amide bonds. The molecule has 2 heterocycles. The zero-order valence-corrected chi connectivity index (χ0v) is 20.0. The molecule has 0 saturated heterocycles. The van der Waals surface area contributed by atoms with Crippen LogP contribution in [0.2, 0.25) is 0 Å². The third-order valence-electron chi connectivity index (χ3n) is 6.30. The summed E-state index contributed by atoms with van der Waals surface area (Å²) in [7, 11) is 0. The number of aromatic nitrogens is 4. The van der Waals surface area contributed by atoms with Gasteiger partial charge in [-0.05, 0) is 48.4 Å². The van der Waals surface area contributed by atoms with Crippen LogP contribution in [-0.4, -0.2) is 18.7 Å². The molecule has 0 aliphatic carbocycles. The normalized spacial score (nSPS) is 12.7. The molecule has 6 heteroatoms. The Morgan fingerprint density at radius 3 is 2.12 bits per heavy atom. The van der Waals surface area contributed by atoms with Gasteiger partial charge in [-0.3, -0.25) is 9.36 Å². The van der Waals surface area contributed by atoms with Crippen LogP contribution in [-0.2, 0) is 6.54 Å². The Hall–Kier alpha value is -3.41. The molecule has 0 aliphatic rings. The summed E-state index contributed by atoms with van der Waals surface area (Å²) in [6, 6.07) is 17.9. The molecule has 1 unspecified atom stereocenters. The molecular weight excluding hydrogens is 412 g/mol. The first-order valence-corrected chi connectivity index (χ1v) is 11.7. The average Bonchev–Trinajstić information content (AvgIpc) is 3.24. The second-order valence-corrected chi connectivity index (χ2v) is 9.41. The quantitative estimate of drug-likeness (QED) is 0.397. The van der Waals surface area contributed by atoms with E-state index in [0.29, 0.717) is 35.2 Å². The van der Waals surface area contributed by atoms with Crippen LogP contribution in [0.3, 0.4) is 0 Å². The van der Waals surface area contributed by atoms with Crippen molar-refractivity contribution >= 4 is 11.2 Å². The molecular formula is C27H32N4O2. The summed E-state index contributed by atoms with van der Waals surface area (Å²) >= 11 is 0. The van der Waals surface area contributed by atoms with Crippen LogP contribution in [0.4, 0.5) is 0 Å². The van der Waals surface area contributed by atoms with E-state index in [2.05, 4.69) is 32.7 Å². The molecule has 1 atom stereocenters. The third-order valence-corrected chi connectivity index (χ3v) is 6.30. The van der Waals surface area contributed by atoms with Gasteiger partial charge in [-0.1, -0.05) is 70.2 Å². The number of rotatable bonds is 7. The summed E-state index contributed by atoms with van der Waals surface area (Å²) < 4.78 is 4.83. The Morgan fingerprint density at radius 2 is 1.52 bits per heavy atom. The lowest BCUT2D eigenvalue weighted by molar-refractivity contribution is 0.491. The largest absolute Gasteiger partial charge is 0.337 e. The second kappa shape index (κ2) is 9.22. The maximum Gasteiger partial charge on any atom is 0.337 e. The Morgan fingerprint density at radius 1 is 0.848 bits per heavy atom. The van der Waals surface area contributed by atoms with Crippen LogP contribution in [0.1, 0.15) is 64.1 Å². The van der Waals surface area contributed by atoms with E-state index < -0.39 is 0 Å². The summed E-state index contributed by atoms with van der Waals surface area (Å²) in [6.45, 7) is 10.9. The van der Waals surface area contributed by atoms with Crippen LogP contribution in [0.5, 0.6) is 0 Å². The van der Waals surface area contributed by atoms with Crippen molar-refractivity contribution in [3.05, 3.63) is 92.9 Å². The lowest BCUT2D eigenvalue weighted by Gasteiger charge is -2.17. The van der Waals surface area contributed by atoms with Crippen LogP contribution < -0.4 is 11.2 Å². The maximum absolute atomic E-state index is 13.6. The number of fused-ring (bicyclic) bond motifs is 1. The first-order valence-electron chi connectivity index (χ1n) is 11.7. The monoisotopic (exact) mass is 444 g/mol. The Bertz CT molecular complexity index is 1360. The number of hydrogen-bond acceptors (Lipinski definition) is 3. The molecule has 0 radical (unpaired) electrons. The lowest BCUT2D eigenvalue weighted by atomic mass is 10.0. The minimum Gasteiger partial charge on any atom is -0.317 e. The van der Waals surface area contributed by atoms with E-state index in [-0.39, 0.29) is 17.3 Å². The summed E-state index contributed by atoms with van der Waals surface area (Å²) in [5.41, 5.74) is 3.19. The van der Waals surface area contributed by atoms with E-state index in [1.54, 1.807) is 10.9 Å². The summed E-state index contributed by atoms with van der Waals surface area (Å²) in [4.78, 5) is 31.7. The SMILES string of the molecule is CC(C)CCn1c(=O)c2c(ncn2C(C)c2ccccc2)n(-c2ccc(C(C)C)cc2)c1=O. The van der Waals surface area contributed by atoms with Gasteiger partial charge in [0.05, 0.1) is 18.1 Å². The van der Waals surface area contributed by atoms with E-state index in [0.717, 1.165) is 12.0 Å². The van der Waals surface area contributed by atoms with Crippen molar-refractivity contribution in [1.82, 2.24) is 18.7 Å². The predicted octanol–water partition coefficient (Wildman–Crippen LogP) is 5.13. The van der Waals surface area contributed by atoms with E-state index in [9.17, 15) is 9.59 Å². The molecule has 0 spiro atoms. The molecule has 4 aromatic rings. The van der Waals surface area contributed by atoms with Gasteiger partial charge < -0.3 is 4.57 Å². The zero-order valence-electron chi connectivity index (χ0n) is 20.0. The van der Waals surface area contributed by atoms with Gasteiger partial charge in [0.2, 0.25) is 0 Å². The van der Waals surface area contributed by atoms with Gasteiger partial charge in [0.15, 0.2) is 11.2 Å². The van der Waals surface area contributed by atoms with Gasteiger partial charge in [0.25, 0.3) is 5.56 Å². The van der Waals surface area contributed by atoms with Gasteiger partial charge in [0.1, 0.15) is 0 Å². The van der Waals surface area contributed by atoms with Gasteiger partial charge in [-0.2, -0.15) is 0 Å². The fourth-order valence-electron chi connectivity index (χ4n) is 4.16. The van der Waals surface area contributed by atoms with Crippen molar-refractivity contribution in [2.45, 2.75) is 59.5 Å². The number of nitrogens with zero attached hydrogens (tertiary/aromatic N) is 4. The first kappa shape index (κ1) is 22.8. The van der Waals surface area contributed by atoms with Crippen molar-refractivity contribution in [2.24, 2.45) is 5.92 Å². The number of benzene rings is 2. The van der Waals surface area contributed by atoms with Crippen molar-refractivity contribution in [3.8, 4) is 5.69 Å². The molecule has 172 valence electrons. The molecule has 0 bridgehead atoms.